The summed E-state index contributed by atoms with van der Waals surface area (Å²) in [5.74, 6) is -0.848. The molecule has 2 N–H and O–H groups in total. The molecule has 9 nitrogen and oxygen atoms in total. The third-order valence-electron chi connectivity index (χ3n) is 5.02. The monoisotopic (exact) mass is 585 g/mol. The molecule has 3 aromatic carbocycles. The number of hydrogen-bond donors (Lipinski definition) is 2. The summed E-state index contributed by atoms with van der Waals surface area (Å²) in [6.07, 6.45) is 0. The highest BCUT2D eigenvalue weighted by Gasteiger charge is 2.14. The smallest absolute Gasteiger partial charge is 0.270 e. The van der Waals surface area contributed by atoms with Gasteiger partial charge in [-0.25, -0.2) is 14.4 Å². The Morgan fingerprint density at radius 3 is 2.13 bits per heavy atom. The number of non-ortho nitro benzene ring substituents is 1. The van der Waals surface area contributed by atoms with Crippen LogP contribution in [0.5, 0.6) is 0 Å². The van der Waals surface area contributed by atoms with Gasteiger partial charge in [-0.05, 0) is 36.4 Å². The van der Waals surface area contributed by atoms with Gasteiger partial charge in [-0.3, -0.25) is 19.7 Å². The van der Waals surface area contributed by atoms with E-state index < -0.39 is 10.7 Å². The molecule has 0 bridgehead atoms. The van der Waals surface area contributed by atoms with Crippen molar-refractivity contribution < 1.29 is 18.9 Å². The predicted molar refractivity (Wildman–Crippen MR) is 151 cm³/mol. The maximum Gasteiger partial charge on any atom is 0.270 e. The van der Waals surface area contributed by atoms with Crippen LogP contribution in [0.2, 0.25) is 0 Å². The number of benzene rings is 3. The van der Waals surface area contributed by atoms with Gasteiger partial charge in [-0.1, -0.05) is 35.7 Å². The van der Waals surface area contributed by atoms with E-state index in [0.717, 1.165) is 10.2 Å². The Hall–Kier alpha value is -3.59. The Morgan fingerprint density at radius 2 is 1.47 bits per heavy atom. The van der Waals surface area contributed by atoms with Crippen molar-refractivity contribution >= 4 is 95.5 Å². The minimum Gasteiger partial charge on any atom is -0.325 e. The van der Waals surface area contributed by atoms with Gasteiger partial charge in [-0.2, -0.15) is 0 Å². The summed E-state index contributed by atoms with van der Waals surface area (Å²) in [6.45, 7) is 0. The fourth-order valence-corrected chi connectivity index (χ4v) is 7.12. The number of rotatable bonds is 9. The summed E-state index contributed by atoms with van der Waals surface area (Å²) in [6, 6.07) is 15.8. The van der Waals surface area contributed by atoms with Gasteiger partial charge in [0.2, 0.25) is 11.8 Å². The molecule has 0 aliphatic carbocycles. The Labute approximate surface area is 231 Å². The van der Waals surface area contributed by atoms with Crippen molar-refractivity contribution in [1.29, 1.82) is 0 Å². The number of thiazole rings is 2. The van der Waals surface area contributed by atoms with E-state index in [0.29, 0.717) is 24.6 Å². The first-order valence-corrected chi connectivity index (χ1v) is 14.5. The highest BCUT2D eigenvalue weighted by atomic mass is 32.2. The summed E-state index contributed by atoms with van der Waals surface area (Å²) in [4.78, 5) is 44.1. The van der Waals surface area contributed by atoms with Crippen molar-refractivity contribution in [2.24, 2.45) is 0 Å². The second-order valence-electron chi connectivity index (χ2n) is 7.70. The van der Waals surface area contributed by atoms with E-state index in [1.165, 1.54) is 70.5 Å². The lowest BCUT2D eigenvalue weighted by atomic mass is 10.3. The zero-order valence-corrected chi connectivity index (χ0v) is 22.4. The van der Waals surface area contributed by atoms with Gasteiger partial charge >= 0.3 is 0 Å². The molecule has 0 fully saturated rings. The number of fused-ring (bicyclic) bond motifs is 2. The minimum atomic E-state index is -0.495. The summed E-state index contributed by atoms with van der Waals surface area (Å²) in [5, 5.41) is 16.4. The molecule has 0 aliphatic rings. The lowest BCUT2D eigenvalue weighted by Gasteiger charge is -2.04. The molecule has 5 aromatic rings. The first-order chi connectivity index (χ1) is 18.3. The topological polar surface area (TPSA) is 127 Å². The van der Waals surface area contributed by atoms with Crippen LogP contribution in [-0.2, 0) is 9.59 Å². The fraction of sp³-hybridized carbons (Fsp3) is 0.0833. The summed E-state index contributed by atoms with van der Waals surface area (Å²) in [7, 11) is 0. The van der Waals surface area contributed by atoms with Crippen LogP contribution in [0.1, 0.15) is 0 Å². The van der Waals surface area contributed by atoms with Gasteiger partial charge < -0.3 is 10.6 Å². The Balaban J connectivity index is 1.15. The Morgan fingerprint density at radius 1 is 0.868 bits per heavy atom. The number of nitro groups is 1. The van der Waals surface area contributed by atoms with Gasteiger partial charge in [0.15, 0.2) is 8.68 Å². The average molecular weight is 586 g/mol. The van der Waals surface area contributed by atoms with E-state index in [1.807, 2.05) is 6.07 Å². The fourth-order valence-electron chi connectivity index (χ4n) is 3.31. The number of amides is 2. The number of nitrogens with one attached hydrogen (secondary N) is 2. The van der Waals surface area contributed by atoms with Crippen LogP contribution in [0, 0.1) is 15.9 Å². The first kappa shape index (κ1) is 26.0. The van der Waals surface area contributed by atoms with Crippen molar-refractivity contribution in [3.05, 3.63) is 76.6 Å². The number of carbonyl (C=O) groups excluding carboxylic acids is 2. The highest BCUT2D eigenvalue weighted by molar-refractivity contribution is 8.02. The zero-order valence-electron chi connectivity index (χ0n) is 19.2. The highest BCUT2D eigenvalue weighted by Crippen LogP contribution is 2.33. The van der Waals surface area contributed by atoms with Gasteiger partial charge in [0.25, 0.3) is 5.69 Å². The van der Waals surface area contributed by atoms with Crippen LogP contribution in [0.3, 0.4) is 0 Å². The number of anilines is 2. The van der Waals surface area contributed by atoms with Gasteiger partial charge in [0.1, 0.15) is 5.82 Å². The molecule has 0 atom stereocenters. The number of nitro benzene ring substituents is 1. The average Bonchev–Trinajstić information content (AvgIpc) is 3.50. The summed E-state index contributed by atoms with van der Waals surface area (Å²) >= 11 is 5.20. The largest absolute Gasteiger partial charge is 0.325 e. The number of para-hydroxylation sites is 1. The van der Waals surface area contributed by atoms with Crippen LogP contribution in [0.15, 0.2) is 69.3 Å². The van der Waals surface area contributed by atoms with E-state index in [4.69, 9.17) is 0 Å². The van der Waals surface area contributed by atoms with E-state index >= 15 is 0 Å². The molecule has 192 valence electrons. The van der Waals surface area contributed by atoms with Crippen LogP contribution >= 0.6 is 46.2 Å². The molecule has 0 spiro atoms. The van der Waals surface area contributed by atoms with Crippen molar-refractivity contribution in [3.63, 3.8) is 0 Å². The second-order valence-corrected chi connectivity index (χ2v) is 12.2. The molecule has 14 heteroatoms. The van der Waals surface area contributed by atoms with Crippen molar-refractivity contribution in [3.8, 4) is 0 Å². The zero-order chi connectivity index (χ0) is 26.6. The van der Waals surface area contributed by atoms with Crippen molar-refractivity contribution in [2.75, 3.05) is 22.1 Å². The van der Waals surface area contributed by atoms with Crippen LogP contribution in [0.25, 0.3) is 20.4 Å². The molecule has 0 radical (unpaired) electrons. The maximum absolute atomic E-state index is 13.7. The molecule has 2 amide bonds. The third-order valence-corrected chi connectivity index (χ3v) is 9.34. The molecule has 5 rings (SSSR count). The number of nitrogens with zero attached hydrogens (tertiary/aromatic N) is 3. The second kappa shape index (κ2) is 11.4. The summed E-state index contributed by atoms with van der Waals surface area (Å²) in [5.41, 5.74) is 2.13. The maximum atomic E-state index is 13.7. The molecule has 0 aliphatic heterocycles. The van der Waals surface area contributed by atoms with Crippen LogP contribution in [-0.4, -0.2) is 38.2 Å². The van der Waals surface area contributed by atoms with Gasteiger partial charge in [-0.15, -0.1) is 22.7 Å². The van der Waals surface area contributed by atoms with E-state index in [2.05, 4.69) is 20.6 Å². The quantitative estimate of drug-likeness (QED) is 0.115. The third kappa shape index (κ3) is 6.27. The van der Waals surface area contributed by atoms with Crippen LogP contribution < -0.4 is 10.6 Å². The molecule has 0 saturated carbocycles. The summed E-state index contributed by atoms with van der Waals surface area (Å²) < 4.78 is 16.6. The molecular formula is C24H16FN5O4S4. The molecule has 2 heterocycles. The number of hydrogen-bond acceptors (Lipinski definition) is 10. The SMILES string of the molecule is O=C(CSc1nc2ccc([N+](=O)[O-])cc2s1)Nc1ccc2nc(SCC(=O)Nc3ccccc3F)sc2c1. The standard InChI is InChI=1S/C24H16FN5O4S4/c25-15-3-1-2-4-16(15)27-22(32)12-36-23-28-17-7-5-13(9-19(17)37-23)26-21(31)11-35-24-29-18-8-6-14(30(33)34)10-20(18)38-24/h1-10H,11-12H2,(H,26,31)(H,27,32). The minimum absolute atomic E-state index is 0.00120. The molecule has 2 aromatic heterocycles. The molecular weight excluding hydrogens is 570 g/mol. The van der Waals surface area contributed by atoms with E-state index in [9.17, 15) is 24.1 Å². The number of halogens is 1. The van der Waals surface area contributed by atoms with E-state index in [-0.39, 0.29) is 34.7 Å². The number of thioether (sulfide) groups is 2. The van der Waals surface area contributed by atoms with Gasteiger partial charge in [0, 0.05) is 17.8 Å². The lowest BCUT2D eigenvalue weighted by molar-refractivity contribution is -0.384. The molecule has 0 saturated heterocycles. The predicted octanol–water partition coefficient (Wildman–Crippen LogP) is 6.41. The molecule has 38 heavy (non-hydrogen) atoms. The normalized spacial score (nSPS) is 11.1. The van der Waals surface area contributed by atoms with Crippen LogP contribution in [0.4, 0.5) is 21.5 Å². The van der Waals surface area contributed by atoms with Crippen molar-refractivity contribution in [2.45, 2.75) is 8.68 Å². The van der Waals surface area contributed by atoms with E-state index in [1.54, 1.807) is 30.3 Å². The number of aromatic nitrogens is 2. The Kier molecular flexibility index (Phi) is 7.83. The van der Waals surface area contributed by atoms with Crippen molar-refractivity contribution in [1.82, 2.24) is 9.97 Å². The lowest BCUT2D eigenvalue weighted by Crippen LogP contribution is -2.14. The van der Waals surface area contributed by atoms with Gasteiger partial charge in [0.05, 0.1) is 42.5 Å². The first-order valence-electron chi connectivity index (χ1n) is 10.9. The number of carbonyl (C=O) groups is 2. The molecule has 0 unspecified atom stereocenters. The Bertz CT molecular complexity index is 1690.